The van der Waals surface area contributed by atoms with E-state index in [0.717, 1.165) is 61.6 Å². The highest BCUT2D eigenvalue weighted by Crippen LogP contribution is 2.63. The molecule has 1 aliphatic carbocycles. The second-order valence-corrected chi connectivity index (χ2v) is 14.0. The lowest BCUT2D eigenvalue weighted by atomic mass is 9.66. The van der Waals surface area contributed by atoms with Crippen molar-refractivity contribution in [2.75, 3.05) is 4.90 Å². The van der Waals surface area contributed by atoms with Gasteiger partial charge in [0.25, 0.3) is 0 Å². The van der Waals surface area contributed by atoms with Gasteiger partial charge in [0.2, 0.25) is 0 Å². The number of fused-ring (bicyclic) bond motifs is 10. The Bertz CT molecular complexity index is 2830. The fourth-order valence-electron chi connectivity index (χ4n) is 8.80. The molecule has 1 spiro atoms. The van der Waals surface area contributed by atoms with Crippen molar-refractivity contribution in [2.45, 2.75) is 5.41 Å². The van der Waals surface area contributed by atoms with Crippen LogP contribution in [0.3, 0.4) is 0 Å². The van der Waals surface area contributed by atoms with Crippen LogP contribution in [0.25, 0.3) is 55.8 Å². The predicted octanol–water partition coefficient (Wildman–Crippen LogP) is 12.2. The number of hydrogen-bond donors (Lipinski definition) is 0. The van der Waals surface area contributed by atoms with E-state index >= 15 is 0 Å². The molecule has 0 atom stereocenters. The molecule has 3 heterocycles. The van der Waals surface area contributed by atoms with E-state index in [-0.39, 0.29) is 0 Å². The smallest absolute Gasteiger partial charge is 0.160 e. The van der Waals surface area contributed by atoms with Gasteiger partial charge in [-0.05, 0) is 75.8 Å². The van der Waals surface area contributed by atoms with Gasteiger partial charge in [-0.15, -0.1) is 0 Å². The van der Waals surface area contributed by atoms with Crippen molar-refractivity contribution in [1.82, 2.24) is 15.0 Å². The van der Waals surface area contributed by atoms with Crippen LogP contribution in [0.4, 0.5) is 17.1 Å². The molecule has 2 aromatic heterocycles. The molecular formula is C50H32N4. The molecule has 1 aliphatic heterocycles. The standard InChI is InChI=1S/C50H32N4/c1-3-14-34(15-4-1)47-40-18-7-10-22-44(40)52-49(53-47)35-27-25-33(26-28-35)36-29-30-38-39-19-13-31-51-48(39)50(43(38)32-36)41-20-8-11-23-45(41)54(37-16-5-2-6-17-37)46-24-12-9-21-42(46)50/h1-32H. The molecule has 0 radical (unpaired) electrons. The molecule has 9 aromatic rings. The number of anilines is 3. The SMILES string of the molecule is c1ccc(-c2nc(-c3ccc(-c4ccc5c(c4)C4(c6ccccc6N(c6ccccc6)c6ccccc64)c4ncccc4-5)cc3)nc3ccccc23)cc1. The number of hydrogen-bond acceptors (Lipinski definition) is 4. The zero-order valence-corrected chi connectivity index (χ0v) is 29.3. The lowest BCUT2D eigenvalue weighted by Gasteiger charge is -2.44. The molecule has 0 saturated carbocycles. The van der Waals surface area contributed by atoms with Crippen LogP contribution in [0.15, 0.2) is 194 Å². The Hall–Kier alpha value is -7.17. The van der Waals surface area contributed by atoms with Crippen molar-refractivity contribution in [3.63, 3.8) is 0 Å². The van der Waals surface area contributed by atoms with E-state index in [9.17, 15) is 0 Å². The molecule has 0 bridgehead atoms. The Balaban J connectivity index is 1.08. The Labute approximate surface area is 313 Å². The van der Waals surface area contributed by atoms with Crippen molar-refractivity contribution in [1.29, 1.82) is 0 Å². The van der Waals surface area contributed by atoms with Gasteiger partial charge in [0.1, 0.15) is 0 Å². The van der Waals surface area contributed by atoms with Crippen LogP contribution in [0, 0.1) is 0 Å². The number of aromatic nitrogens is 3. The summed E-state index contributed by atoms with van der Waals surface area (Å²) in [4.78, 5) is 17.7. The van der Waals surface area contributed by atoms with Gasteiger partial charge in [-0.25, -0.2) is 9.97 Å². The summed E-state index contributed by atoms with van der Waals surface area (Å²) in [5.74, 6) is 0.715. The molecule has 0 saturated heterocycles. The normalized spacial score (nSPS) is 13.3. The summed E-state index contributed by atoms with van der Waals surface area (Å²) in [7, 11) is 0. The van der Waals surface area contributed by atoms with E-state index in [1.165, 1.54) is 27.8 Å². The quantitative estimate of drug-likeness (QED) is 0.185. The summed E-state index contributed by atoms with van der Waals surface area (Å²) in [5.41, 5.74) is 16.2. The maximum atomic E-state index is 5.21. The first-order valence-electron chi connectivity index (χ1n) is 18.4. The summed E-state index contributed by atoms with van der Waals surface area (Å²) >= 11 is 0. The highest BCUT2D eigenvalue weighted by molar-refractivity contribution is 5.96. The number of rotatable bonds is 4. The molecule has 54 heavy (non-hydrogen) atoms. The van der Waals surface area contributed by atoms with Gasteiger partial charge >= 0.3 is 0 Å². The fourth-order valence-corrected chi connectivity index (χ4v) is 8.80. The summed E-state index contributed by atoms with van der Waals surface area (Å²) in [6.07, 6.45) is 1.94. The Morgan fingerprint density at radius 1 is 0.426 bits per heavy atom. The molecule has 252 valence electrons. The van der Waals surface area contributed by atoms with Crippen molar-refractivity contribution >= 4 is 28.0 Å². The van der Waals surface area contributed by atoms with Gasteiger partial charge in [-0.1, -0.05) is 146 Å². The first-order valence-corrected chi connectivity index (χ1v) is 18.4. The van der Waals surface area contributed by atoms with Gasteiger partial charge in [0.05, 0.1) is 33.7 Å². The summed E-state index contributed by atoms with van der Waals surface area (Å²) in [5, 5.41) is 1.05. The number of nitrogens with zero attached hydrogens (tertiary/aromatic N) is 4. The van der Waals surface area contributed by atoms with Crippen LogP contribution in [0.5, 0.6) is 0 Å². The molecule has 0 N–H and O–H groups in total. The maximum Gasteiger partial charge on any atom is 0.160 e. The lowest BCUT2D eigenvalue weighted by Crippen LogP contribution is -2.36. The lowest BCUT2D eigenvalue weighted by molar-refractivity contribution is 0.725. The highest BCUT2D eigenvalue weighted by atomic mass is 15.2. The molecular weight excluding hydrogens is 657 g/mol. The van der Waals surface area contributed by atoms with Crippen LogP contribution >= 0.6 is 0 Å². The first-order chi connectivity index (χ1) is 26.8. The van der Waals surface area contributed by atoms with Crippen LogP contribution in [0.2, 0.25) is 0 Å². The molecule has 11 rings (SSSR count). The van der Waals surface area contributed by atoms with E-state index in [0.29, 0.717) is 5.82 Å². The molecule has 0 unspecified atom stereocenters. The zero-order chi connectivity index (χ0) is 35.6. The maximum absolute atomic E-state index is 5.21. The molecule has 2 aliphatic rings. The topological polar surface area (TPSA) is 41.9 Å². The van der Waals surface area contributed by atoms with Crippen LogP contribution in [-0.2, 0) is 5.41 Å². The van der Waals surface area contributed by atoms with E-state index < -0.39 is 5.41 Å². The van der Waals surface area contributed by atoms with Crippen molar-refractivity contribution < 1.29 is 0 Å². The minimum Gasteiger partial charge on any atom is -0.310 e. The van der Waals surface area contributed by atoms with Crippen molar-refractivity contribution in [3.8, 4) is 44.9 Å². The average molecular weight is 689 g/mol. The number of para-hydroxylation sites is 4. The average Bonchev–Trinajstić information content (AvgIpc) is 3.54. The highest BCUT2D eigenvalue weighted by Gasteiger charge is 2.52. The number of pyridine rings is 1. The van der Waals surface area contributed by atoms with E-state index in [4.69, 9.17) is 15.0 Å². The minimum atomic E-state index is -0.604. The van der Waals surface area contributed by atoms with Crippen molar-refractivity contribution in [3.05, 3.63) is 217 Å². The first kappa shape index (κ1) is 30.5. The summed E-state index contributed by atoms with van der Waals surface area (Å²) in [6, 6.07) is 66.9. The molecule has 4 nitrogen and oxygen atoms in total. The van der Waals surface area contributed by atoms with Crippen molar-refractivity contribution in [2.24, 2.45) is 0 Å². The zero-order valence-electron chi connectivity index (χ0n) is 29.3. The van der Waals surface area contributed by atoms with E-state index in [2.05, 4.69) is 175 Å². The van der Waals surface area contributed by atoms with E-state index in [1.807, 2.05) is 24.4 Å². The second-order valence-electron chi connectivity index (χ2n) is 14.0. The van der Waals surface area contributed by atoms with Gasteiger partial charge in [0, 0.05) is 34.0 Å². The molecule has 0 fully saturated rings. The van der Waals surface area contributed by atoms with E-state index in [1.54, 1.807) is 0 Å². The second kappa shape index (κ2) is 11.9. The van der Waals surface area contributed by atoms with Crippen LogP contribution < -0.4 is 4.90 Å². The largest absolute Gasteiger partial charge is 0.310 e. The summed E-state index contributed by atoms with van der Waals surface area (Å²) < 4.78 is 0. The number of benzene rings is 7. The Morgan fingerprint density at radius 2 is 1.06 bits per heavy atom. The van der Waals surface area contributed by atoms with Gasteiger partial charge < -0.3 is 4.90 Å². The molecule has 0 amide bonds. The van der Waals surface area contributed by atoms with Crippen LogP contribution in [-0.4, -0.2) is 15.0 Å². The Morgan fingerprint density at radius 3 is 1.81 bits per heavy atom. The van der Waals surface area contributed by atoms with Crippen LogP contribution in [0.1, 0.15) is 22.4 Å². The monoisotopic (exact) mass is 688 g/mol. The molecule has 4 heteroatoms. The van der Waals surface area contributed by atoms with Gasteiger partial charge in [-0.3, -0.25) is 4.98 Å². The third-order valence-electron chi connectivity index (χ3n) is 11.1. The predicted molar refractivity (Wildman–Crippen MR) is 219 cm³/mol. The third-order valence-corrected chi connectivity index (χ3v) is 11.1. The Kier molecular flexibility index (Phi) is 6.73. The third kappa shape index (κ3) is 4.40. The minimum absolute atomic E-state index is 0.604. The van der Waals surface area contributed by atoms with Gasteiger partial charge in [-0.2, -0.15) is 0 Å². The molecule has 7 aromatic carbocycles. The summed E-state index contributed by atoms with van der Waals surface area (Å²) in [6.45, 7) is 0. The fraction of sp³-hybridized carbons (Fsp3) is 0.0200. The van der Waals surface area contributed by atoms with Gasteiger partial charge in [0.15, 0.2) is 5.82 Å².